The highest BCUT2D eigenvalue weighted by molar-refractivity contribution is 6.09. The number of fused-ring (bicyclic) bond motifs is 4. The lowest BCUT2D eigenvalue weighted by Crippen LogP contribution is -2.33. The number of rotatable bonds is 5. The fraction of sp³-hybridized carbons (Fsp3) is 0.176. The number of ether oxygens (including phenoxy) is 1. The molecular formula is C34H31N5O. The number of benzene rings is 3. The first-order valence-corrected chi connectivity index (χ1v) is 13.7. The van der Waals surface area contributed by atoms with Gasteiger partial charge in [-0.15, -0.1) is 0 Å². The van der Waals surface area contributed by atoms with E-state index in [1.54, 1.807) is 0 Å². The van der Waals surface area contributed by atoms with Crippen LogP contribution >= 0.6 is 0 Å². The molecule has 4 heterocycles. The Morgan fingerprint density at radius 3 is 2.38 bits per heavy atom. The van der Waals surface area contributed by atoms with Crippen LogP contribution in [-0.2, 0) is 0 Å². The summed E-state index contributed by atoms with van der Waals surface area (Å²) in [5.74, 6) is 3.44. The van der Waals surface area contributed by atoms with Crippen molar-refractivity contribution in [3.8, 4) is 17.3 Å². The van der Waals surface area contributed by atoms with Crippen LogP contribution in [-0.4, -0.2) is 27.2 Å². The molecular weight excluding hydrogens is 494 g/mol. The van der Waals surface area contributed by atoms with Gasteiger partial charge in [-0.3, -0.25) is 4.57 Å². The Balaban J connectivity index is 1.28. The van der Waals surface area contributed by atoms with Crippen LogP contribution < -0.4 is 14.5 Å². The Kier molecular flexibility index (Phi) is 5.70. The standard InChI is InChI=1S/C34H31N5O/c1-22(2)37-21-38(34-30(37)16-12-24(4)36-34)25-8-7-9-26(19-25)40-27-13-15-29-28-14-11-23(3)18-31(28)39(32(29)20-27)33-10-5-6-17-35-33/h5-20,22H,21H2,1-4H3. The Hall–Kier alpha value is -4.84. The summed E-state index contributed by atoms with van der Waals surface area (Å²) in [6.07, 6.45) is 1.84. The Morgan fingerprint density at radius 2 is 1.57 bits per heavy atom. The van der Waals surface area contributed by atoms with E-state index >= 15 is 0 Å². The Labute approximate surface area is 234 Å². The molecule has 3 aromatic carbocycles. The molecule has 0 aliphatic carbocycles. The molecule has 3 aromatic heterocycles. The fourth-order valence-corrected chi connectivity index (χ4v) is 5.66. The molecule has 1 aliphatic heterocycles. The van der Waals surface area contributed by atoms with Crippen molar-refractivity contribution in [1.82, 2.24) is 14.5 Å². The van der Waals surface area contributed by atoms with Gasteiger partial charge in [-0.1, -0.05) is 24.3 Å². The van der Waals surface area contributed by atoms with E-state index in [1.807, 2.05) is 49.5 Å². The molecule has 0 radical (unpaired) electrons. The van der Waals surface area contributed by atoms with Gasteiger partial charge in [0.15, 0.2) is 5.82 Å². The van der Waals surface area contributed by atoms with Gasteiger partial charge >= 0.3 is 0 Å². The Bertz CT molecular complexity index is 1880. The molecule has 0 unspecified atom stereocenters. The first kappa shape index (κ1) is 24.2. The fourth-order valence-electron chi connectivity index (χ4n) is 5.66. The van der Waals surface area contributed by atoms with Crippen molar-refractivity contribution in [3.05, 3.63) is 108 Å². The maximum Gasteiger partial charge on any atom is 0.158 e. The zero-order valence-electron chi connectivity index (χ0n) is 23.2. The molecule has 0 spiro atoms. The van der Waals surface area contributed by atoms with E-state index in [0.717, 1.165) is 57.9 Å². The molecule has 40 heavy (non-hydrogen) atoms. The molecule has 6 nitrogen and oxygen atoms in total. The van der Waals surface area contributed by atoms with E-state index in [9.17, 15) is 0 Å². The zero-order valence-corrected chi connectivity index (χ0v) is 23.2. The van der Waals surface area contributed by atoms with Crippen LogP contribution in [0.2, 0.25) is 0 Å². The van der Waals surface area contributed by atoms with Gasteiger partial charge in [0, 0.05) is 46.5 Å². The summed E-state index contributed by atoms with van der Waals surface area (Å²) in [4.78, 5) is 14.2. The largest absolute Gasteiger partial charge is 0.457 e. The van der Waals surface area contributed by atoms with E-state index < -0.39 is 0 Å². The van der Waals surface area contributed by atoms with Gasteiger partial charge < -0.3 is 14.5 Å². The normalized spacial score (nSPS) is 13.0. The van der Waals surface area contributed by atoms with Crippen molar-refractivity contribution < 1.29 is 4.74 Å². The molecule has 1 aliphatic rings. The van der Waals surface area contributed by atoms with Crippen molar-refractivity contribution in [2.75, 3.05) is 16.5 Å². The molecule has 198 valence electrons. The minimum Gasteiger partial charge on any atom is -0.457 e. The third-order valence-electron chi connectivity index (χ3n) is 7.61. The van der Waals surface area contributed by atoms with Gasteiger partial charge in [0.25, 0.3) is 0 Å². The highest BCUT2D eigenvalue weighted by atomic mass is 16.5. The van der Waals surface area contributed by atoms with Crippen LogP contribution in [0.3, 0.4) is 0 Å². The van der Waals surface area contributed by atoms with Gasteiger partial charge in [-0.2, -0.15) is 0 Å². The van der Waals surface area contributed by atoms with Crippen molar-refractivity contribution in [2.24, 2.45) is 0 Å². The molecule has 0 amide bonds. The second-order valence-electron chi connectivity index (χ2n) is 10.8. The average Bonchev–Trinajstić information content (AvgIpc) is 3.48. The third-order valence-corrected chi connectivity index (χ3v) is 7.61. The highest BCUT2D eigenvalue weighted by Gasteiger charge is 2.30. The number of aryl methyl sites for hydroxylation is 2. The second kappa shape index (κ2) is 9.42. The SMILES string of the molecule is Cc1ccc2c3ccc(Oc4cccc(N5CN(C(C)C)c6ccc(C)nc65)c4)cc3n(-c3ccccn3)c2c1. The van der Waals surface area contributed by atoms with E-state index in [1.165, 1.54) is 16.3 Å². The predicted molar refractivity (Wildman–Crippen MR) is 163 cm³/mol. The maximum atomic E-state index is 6.49. The number of hydrogen-bond donors (Lipinski definition) is 0. The number of hydrogen-bond acceptors (Lipinski definition) is 5. The summed E-state index contributed by atoms with van der Waals surface area (Å²) in [6, 6.07) is 31.8. The van der Waals surface area contributed by atoms with E-state index in [-0.39, 0.29) is 0 Å². The van der Waals surface area contributed by atoms with Crippen LogP contribution in [0.25, 0.3) is 27.6 Å². The number of pyridine rings is 2. The molecule has 7 rings (SSSR count). The van der Waals surface area contributed by atoms with Crippen molar-refractivity contribution in [1.29, 1.82) is 0 Å². The molecule has 0 bridgehead atoms. The van der Waals surface area contributed by atoms with Crippen LogP contribution in [0.15, 0.2) is 97.2 Å². The van der Waals surface area contributed by atoms with E-state index in [0.29, 0.717) is 6.04 Å². The van der Waals surface area contributed by atoms with Crippen molar-refractivity contribution >= 4 is 39.0 Å². The summed E-state index contributed by atoms with van der Waals surface area (Å²) in [5, 5.41) is 2.37. The minimum atomic E-state index is 0.370. The molecule has 0 atom stereocenters. The van der Waals surface area contributed by atoms with Gasteiger partial charge in [0.05, 0.1) is 23.4 Å². The maximum absolute atomic E-state index is 6.49. The summed E-state index contributed by atoms with van der Waals surface area (Å²) in [6.45, 7) is 9.35. The van der Waals surface area contributed by atoms with Gasteiger partial charge in [-0.05, 0) is 87.9 Å². The smallest absolute Gasteiger partial charge is 0.158 e. The van der Waals surface area contributed by atoms with Gasteiger partial charge in [-0.25, -0.2) is 9.97 Å². The quantitative estimate of drug-likeness (QED) is 0.226. The average molecular weight is 526 g/mol. The Morgan fingerprint density at radius 1 is 0.775 bits per heavy atom. The highest BCUT2D eigenvalue weighted by Crippen LogP contribution is 2.41. The predicted octanol–water partition coefficient (Wildman–Crippen LogP) is 8.31. The minimum absolute atomic E-state index is 0.370. The van der Waals surface area contributed by atoms with Gasteiger partial charge in [0.1, 0.15) is 17.3 Å². The van der Waals surface area contributed by atoms with Crippen LogP contribution in [0.1, 0.15) is 25.1 Å². The summed E-state index contributed by atoms with van der Waals surface area (Å²) in [7, 11) is 0. The molecule has 0 saturated carbocycles. The monoisotopic (exact) mass is 525 g/mol. The first-order chi connectivity index (χ1) is 19.5. The third kappa shape index (κ3) is 4.04. The topological polar surface area (TPSA) is 46.4 Å². The van der Waals surface area contributed by atoms with E-state index in [2.05, 4.69) is 94.7 Å². The van der Waals surface area contributed by atoms with Crippen LogP contribution in [0.5, 0.6) is 11.5 Å². The number of aromatic nitrogens is 3. The van der Waals surface area contributed by atoms with Gasteiger partial charge in [0.2, 0.25) is 0 Å². The molecule has 6 heteroatoms. The molecule has 0 fully saturated rings. The zero-order chi connectivity index (χ0) is 27.4. The number of nitrogens with zero attached hydrogens (tertiary/aromatic N) is 5. The van der Waals surface area contributed by atoms with E-state index in [4.69, 9.17) is 9.72 Å². The van der Waals surface area contributed by atoms with Crippen molar-refractivity contribution in [2.45, 2.75) is 33.7 Å². The van der Waals surface area contributed by atoms with Crippen molar-refractivity contribution in [3.63, 3.8) is 0 Å². The lowest BCUT2D eigenvalue weighted by Gasteiger charge is -2.24. The molecule has 6 aromatic rings. The lowest BCUT2D eigenvalue weighted by molar-refractivity contribution is 0.483. The molecule has 0 saturated heterocycles. The lowest BCUT2D eigenvalue weighted by atomic mass is 10.1. The van der Waals surface area contributed by atoms with Crippen LogP contribution in [0.4, 0.5) is 17.2 Å². The summed E-state index contributed by atoms with van der Waals surface area (Å²) < 4.78 is 8.71. The molecule has 0 N–H and O–H groups in total. The number of anilines is 3. The second-order valence-corrected chi connectivity index (χ2v) is 10.8. The summed E-state index contributed by atoms with van der Waals surface area (Å²) >= 11 is 0. The first-order valence-electron chi connectivity index (χ1n) is 13.7. The van der Waals surface area contributed by atoms with Crippen LogP contribution in [0, 0.1) is 13.8 Å². The summed E-state index contributed by atoms with van der Waals surface area (Å²) in [5.41, 5.74) is 6.64.